The van der Waals surface area contributed by atoms with Crippen molar-refractivity contribution in [3.63, 3.8) is 0 Å². The Hall–Kier alpha value is -2.69. The molecule has 0 aromatic heterocycles. The van der Waals surface area contributed by atoms with Gasteiger partial charge in [-0.3, -0.25) is 9.59 Å². The highest BCUT2D eigenvalue weighted by molar-refractivity contribution is 5.97. The van der Waals surface area contributed by atoms with Crippen molar-refractivity contribution in [3.8, 4) is 0 Å². The van der Waals surface area contributed by atoms with Crippen LogP contribution in [0.3, 0.4) is 0 Å². The molecule has 160 valence electrons. The van der Waals surface area contributed by atoms with E-state index in [1.807, 2.05) is 25.1 Å². The third-order valence-corrected chi connectivity index (χ3v) is 6.07. The fraction of sp³-hybridized carbons (Fsp3) is 0.440. The van der Waals surface area contributed by atoms with Gasteiger partial charge in [-0.05, 0) is 61.4 Å². The molecule has 3 rings (SSSR count). The van der Waals surface area contributed by atoms with E-state index in [0.717, 1.165) is 35.2 Å². The maximum atomic E-state index is 13.4. The molecule has 0 heterocycles. The third-order valence-electron chi connectivity index (χ3n) is 6.07. The summed E-state index contributed by atoms with van der Waals surface area (Å²) in [7, 11) is 0. The van der Waals surface area contributed by atoms with E-state index in [-0.39, 0.29) is 17.6 Å². The molecule has 0 spiro atoms. The second-order valence-corrected chi connectivity index (χ2v) is 8.53. The van der Waals surface area contributed by atoms with Crippen molar-refractivity contribution in [1.29, 1.82) is 0 Å². The number of rotatable bonds is 6. The van der Waals surface area contributed by atoms with Crippen LogP contribution in [0.1, 0.15) is 69.1 Å². The summed E-state index contributed by atoms with van der Waals surface area (Å²) in [6.45, 7) is 7.68. The number of para-hydroxylation sites is 1. The van der Waals surface area contributed by atoms with Gasteiger partial charge >= 0.3 is 5.97 Å². The quantitative estimate of drug-likeness (QED) is 0.626. The van der Waals surface area contributed by atoms with Crippen LogP contribution in [0.25, 0.3) is 0 Å². The summed E-state index contributed by atoms with van der Waals surface area (Å²) in [5.41, 5.74) is 2.72. The Bertz CT molecular complexity index is 914. The van der Waals surface area contributed by atoms with Crippen LogP contribution in [-0.4, -0.2) is 18.0 Å². The minimum atomic E-state index is -0.935. The van der Waals surface area contributed by atoms with Gasteiger partial charge in [0.05, 0.1) is 5.41 Å². The first-order chi connectivity index (χ1) is 14.2. The van der Waals surface area contributed by atoms with E-state index < -0.39 is 17.5 Å². The number of benzene rings is 2. The maximum absolute atomic E-state index is 13.4. The highest BCUT2D eigenvalue weighted by Crippen LogP contribution is 2.42. The molecule has 0 saturated heterocycles. The van der Waals surface area contributed by atoms with Gasteiger partial charge in [0.15, 0.2) is 6.10 Å². The molecular formula is C25H30FNO3. The lowest BCUT2D eigenvalue weighted by atomic mass is 9.79. The SMILES string of the molecule is Cc1cccc(C(C)C)c1NC(=O)[C@H](C)OC(=O)C1(c2ccc(F)cc2)CCCC1. The lowest BCUT2D eigenvalue weighted by Crippen LogP contribution is -2.40. The Morgan fingerprint density at radius 2 is 1.67 bits per heavy atom. The summed E-state index contributed by atoms with van der Waals surface area (Å²) in [6, 6.07) is 11.9. The third kappa shape index (κ3) is 4.40. The summed E-state index contributed by atoms with van der Waals surface area (Å²) in [5.74, 6) is -0.861. The van der Waals surface area contributed by atoms with Gasteiger partial charge in [0.25, 0.3) is 5.91 Å². The molecule has 1 aliphatic rings. The van der Waals surface area contributed by atoms with Crippen LogP contribution in [0, 0.1) is 12.7 Å². The van der Waals surface area contributed by atoms with Gasteiger partial charge in [-0.2, -0.15) is 0 Å². The summed E-state index contributed by atoms with van der Waals surface area (Å²) < 4.78 is 19.0. The van der Waals surface area contributed by atoms with E-state index in [2.05, 4.69) is 19.2 Å². The number of hydrogen-bond acceptors (Lipinski definition) is 3. The Morgan fingerprint density at radius 3 is 2.27 bits per heavy atom. The topological polar surface area (TPSA) is 55.4 Å². The Labute approximate surface area is 177 Å². The van der Waals surface area contributed by atoms with Gasteiger partial charge in [-0.1, -0.05) is 57.0 Å². The molecule has 0 radical (unpaired) electrons. The molecule has 1 N–H and O–H groups in total. The van der Waals surface area contributed by atoms with Crippen LogP contribution in [0.5, 0.6) is 0 Å². The molecule has 1 aliphatic carbocycles. The van der Waals surface area contributed by atoms with Crippen molar-refractivity contribution in [2.45, 2.75) is 70.8 Å². The summed E-state index contributed by atoms with van der Waals surface area (Å²) in [6.07, 6.45) is 2.14. The average molecular weight is 412 g/mol. The molecule has 30 heavy (non-hydrogen) atoms. The Kier molecular flexibility index (Phi) is 6.59. The first-order valence-corrected chi connectivity index (χ1v) is 10.6. The fourth-order valence-electron chi connectivity index (χ4n) is 4.25. The van der Waals surface area contributed by atoms with Gasteiger partial charge < -0.3 is 10.1 Å². The molecule has 1 saturated carbocycles. The van der Waals surface area contributed by atoms with Gasteiger partial charge in [0.2, 0.25) is 0 Å². The highest BCUT2D eigenvalue weighted by atomic mass is 19.1. The second-order valence-electron chi connectivity index (χ2n) is 8.53. The van der Waals surface area contributed by atoms with E-state index >= 15 is 0 Å². The fourth-order valence-corrected chi connectivity index (χ4v) is 4.25. The zero-order chi connectivity index (χ0) is 21.9. The zero-order valence-electron chi connectivity index (χ0n) is 18.1. The molecular weight excluding hydrogens is 381 g/mol. The smallest absolute Gasteiger partial charge is 0.317 e. The molecule has 2 aromatic rings. The molecule has 0 unspecified atom stereocenters. The highest BCUT2D eigenvalue weighted by Gasteiger charge is 2.45. The molecule has 4 nitrogen and oxygen atoms in total. The van der Waals surface area contributed by atoms with Gasteiger partial charge in [-0.25, -0.2) is 4.39 Å². The van der Waals surface area contributed by atoms with Gasteiger partial charge in [0.1, 0.15) is 5.82 Å². The van der Waals surface area contributed by atoms with Crippen LogP contribution in [0.2, 0.25) is 0 Å². The molecule has 2 aromatic carbocycles. The van der Waals surface area contributed by atoms with Crippen LogP contribution >= 0.6 is 0 Å². The monoisotopic (exact) mass is 411 g/mol. The van der Waals surface area contributed by atoms with E-state index in [0.29, 0.717) is 12.8 Å². The van der Waals surface area contributed by atoms with Gasteiger partial charge in [-0.15, -0.1) is 0 Å². The average Bonchev–Trinajstić information content (AvgIpc) is 3.21. The molecule has 1 fully saturated rings. The largest absolute Gasteiger partial charge is 0.452 e. The van der Waals surface area contributed by atoms with Crippen LogP contribution in [-0.2, 0) is 19.7 Å². The van der Waals surface area contributed by atoms with Crippen LogP contribution < -0.4 is 5.32 Å². The lowest BCUT2D eigenvalue weighted by molar-refractivity contribution is -0.159. The van der Waals surface area contributed by atoms with E-state index in [1.54, 1.807) is 19.1 Å². The number of carbonyl (C=O) groups excluding carboxylic acids is 2. The van der Waals surface area contributed by atoms with Crippen LogP contribution in [0.4, 0.5) is 10.1 Å². The van der Waals surface area contributed by atoms with Crippen molar-refractivity contribution in [1.82, 2.24) is 0 Å². The number of ether oxygens (including phenoxy) is 1. The van der Waals surface area contributed by atoms with Crippen molar-refractivity contribution < 1.29 is 18.7 Å². The molecule has 0 aliphatic heterocycles. The van der Waals surface area contributed by atoms with Crippen molar-refractivity contribution in [2.24, 2.45) is 0 Å². The summed E-state index contributed by atoms with van der Waals surface area (Å²) in [4.78, 5) is 26.0. The number of aryl methyl sites for hydroxylation is 1. The first-order valence-electron chi connectivity index (χ1n) is 10.6. The van der Waals surface area contributed by atoms with Crippen LogP contribution in [0.15, 0.2) is 42.5 Å². The minimum absolute atomic E-state index is 0.248. The number of amides is 1. The number of hydrogen-bond donors (Lipinski definition) is 1. The number of esters is 1. The predicted octanol–water partition coefficient (Wildman–Crippen LogP) is 5.64. The second kappa shape index (κ2) is 8.99. The number of anilines is 1. The standard InChI is InChI=1S/C25H30FNO3/c1-16(2)21-9-7-8-17(3)22(21)27-23(28)18(4)30-24(29)25(14-5-6-15-25)19-10-12-20(26)13-11-19/h7-13,16,18H,5-6,14-15H2,1-4H3,(H,27,28)/t18-/m0/s1. The van der Waals surface area contributed by atoms with Gasteiger partial charge in [0, 0.05) is 5.69 Å². The Morgan fingerprint density at radius 1 is 1.03 bits per heavy atom. The number of nitrogens with one attached hydrogen (secondary N) is 1. The normalized spacial score (nSPS) is 16.3. The summed E-state index contributed by atoms with van der Waals surface area (Å²) >= 11 is 0. The van der Waals surface area contributed by atoms with Crippen molar-refractivity contribution >= 4 is 17.6 Å². The van der Waals surface area contributed by atoms with Crippen molar-refractivity contribution in [3.05, 3.63) is 65.0 Å². The maximum Gasteiger partial charge on any atom is 0.317 e. The Balaban J connectivity index is 1.76. The minimum Gasteiger partial charge on any atom is -0.452 e. The summed E-state index contributed by atoms with van der Waals surface area (Å²) in [5, 5.41) is 2.95. The van der Waals surface area contributed by atoms with E-state index in [1.165, 1.54) is 12.1 Å². The first kappa shape index (κ1) is 22.0. The predicted molar refractivity (Wildman–Crippen MR) is 116 cm³/mol. The van der Waals surface area contributed by atoms with Crippen molar-refractivity contribution in [2.75, 3.05) is 5.32 Å². The van der Waals surface area contributed by atoms with E-state index in [9.17, 15) is 14.0 Å². The lowest BCUT2D eigenvalue weighted by Gasteiger charge is -2.29. The zero-order valence-corrected chi connectivity index (χ0v) is 18.1. The number of carbonyl (C=O) groups is 2. The molecule has 0 bridgehead atoms. The molecule has 5 heteroatoms. The number of halogens is 1. The molecule has 1 atom stereocenters. The van der Waals surface area contributed by atoms with E-state index in [4.69, 9.17) is 4.74 Å². The molecule has 1 amide bonds.